The molecular weight excluding hydrogens is 143 g/mol. The molecule has 9 heavy (non-hydrogen) atoms. The van der Waals surface area contributed by atoms with E-state index in [1.165, 1.54) is 0 Å². The largest absolute Gasteiger partial charge is 0.494 e. The van der Waals surface area contributed by atoms with E-state index in [1.54, 1.807) is 6.92 Å². The maximum atomic E-state index is 9.34. The Hall–Kier alpha value is -0.470. The molecule has 0 fully saturated rings. The Morgan fingerprint density at radius 1 is 1.78 bits per heavy atom. The fraction of sp³-hybridized carbons (Fsp3) is 0.750. The van der Waals surface area contributed by atoms with Crippen LogP contribution >= 0.6 is 8.69 Å². The van der Waals surface area contributed by atoms with Crippen LogP contribution in [0.2, 0.25) is 0 Å². The molecule has 0 saturated carbocycles. The molecule has 0 rings (SSSR count). The Kier molecular flexibility index (Phi) is 13.2. The predicted molar refractivity (Wildman–Crippen MR) is 33.9 cm³/mol. The number of hydrogen-bond donors (Lipinski definition) is 1. The average Bonchev–Trinajstić information content (AvgIpc) is 1.66. The van der Waals surface area contributed by atoms with Crippen LogP contribution < -0.4 is 0 Å². The summed E-state index contributed by atoms with van der Waals surface area (Å²) in [5.74, 6) is -0.833. The third-order valence-corrected chi connectivity index (χ3v) is 0.610. The van der Waals surface area contributed by atoms with Crippen LogP contribution in [0, 0.1) is 0 Å². The van der Waals surface area contributed by atoms with Gasteiger partial charge in [-0.05, 0) is 11.5 Å². The van der Waals surface area contributed by atoms with E-state index in [9.17, 15) is 4.57 Å². The van der Waals surface area contributed by atoms with E-state index in [4.69, 9.17) is 9.90 Å². The number of carboxylic acid groups (broad SMARTS) is 1. The molecule has 0 aliphatic rings. The second-order valence-electron chi connectivity index (χ2n) is 1.04. The highest BCUT2D eigenvalue weighted by molar-refractivity contribution is 7.17. The van der Waals surface area contributed by atoms with Crippen LogP contribution in [0.25, 0.3) is 0 Å². The number of hydrogen-bond acceptors (Lipinski definition) is 3. The van der Waals surface area contributed by atoms with Crippen LogP contribution in [0.4, 0.5) is 0 Å². The van der Waals surface area contributed by atoms with Crippen LogP contribution in [0.1, 0.15) is 13.8 Å². The van der Waals surface area contributed by atoms with Gasteiger partial charge in [0.2, 0.25) is 0 Å². The minimum Gasteiger partial charge on any atom is -0.481 e. The second kappa shape index (κ2) is 10.5. The smallest absolute Gasteiger partial charge is 0.481 e. The Morgan fingerprint density at radius 3 is 2.11 bits per heavy atom. The molecule has 4 nitrogen and oxygen atoms in total. The first kappa shape index (κ1) is 11.3. The van der Waals surface area contributed by atoms with E-state index in [1.807, 2.05) is 0 Å². The quantitative estimate of drug-likeness (QED) is 0.602. The molecule has 1 atom stereocenters. The molecule has 0 aromatic heterocycles. The lowest BCUT2D eigenvalue weighted by atomic mass is 10.9. The van der Waals surface area contributed by atoms with Crippen LogP contribution in [0.5, 0.6) is 0 Å². The minimum atomic E-state index is -0.833. The van der Waals surface area contributed by atoms with Crippen LogP contribution in [0.3, 0.4) is 0 Å². The van der Waals surface area contributed by atoms with Crippen molar-refractivity contribution < 1.29 is 19.0 Å². The topological polar surface area (TPSA) is 63.6 Å². The number of carboxylic acids is 1. The average molecular weight is 153 g/mol. The van der Waals surface area contributed by atoms with Gasteiger partial charge in [-0.1, -0.05) is 0 Å². The summed E-state index contributed by atoms with van der Waals surface area (Å²) in [5, 5.41) is 7.42. The minimum absolute atomic E-state index is 0.544. The predicted octanol–water partition coefficient (Wildman–Crippen LogP) is 1.05. The monoisotopic (exact) mass is 153 g/mol. The fourth-order valence-electron chi connectivity index (χ4n) is 0.0589. The molecule has 1 N–H and O–H groups in total. The summed E-state index contributed by atoms with van der Waals surface area (Å²) in [5.41, 5.74) is 0. The third-order valence-electron chi connectivity index (χ3n) is 0.203. The lowest BCUT2D eigenvalue weighted by Gasteiger charge is -1.62. The molecule has 54 valence electrons. The molecule has 0 heterocycles. The fourth-order valence-corrected chi connectivity index (χ4v) is 0.177. The summed E-state index contributed by atoms with van der Waals surface area (Å²) in [7, 11) is -0.592. The summed E-state index contributed by atoms with van der Waals surface area (Å²) in [6.07, 6.45) is 0. The molecule has 0 amide bonds. The van der Waals surface area contributed by atoms with Crippen molar-refractivity contribution in [2.24, 2.45) is 0 Å². The molecule has 0 aliphatic heterocycles. The van der Waals surface area contributed by atoms with Gasteiger partial charge in [-0.3, -0.25) is 4.79 Å². The summed E-state index contributed by atoms with van der Waals surface area (Å²) in [4.78, 5) is 9.00. The molecule has 0 aliphatic carbocycles. The first-order chi connectivity index (χ1) is 4.15. The summed E-state index contributed by atoms with van der Waals surface area (Å²) >= 11 is 0. The van der Waals surface area contributed by atoms with Crippen molar-refractivity contribution >= 4 is 14.7 Å². The lowest BCUT2D eigenvalue weighted by Crippen LogP contribution is -1.78. The van der Waals surface area contributed by atoms with Crippen LogP contribution in [-0.2, 0) is 13.9 Å². The molecule has 5 heteroatoms. The maximum absolute atomic E-state index is 9.34. The normalized spacial score (nSPS) is 7.78. The van der Waals surface area contributed by atoms with E-state index < -0.39 is 14.7 Å². The van der Waals surface area contributed by atoms with Gasteiger partial charge in [0.1, 0.15) is 0 Å². The molecule has 0 aromatic carbocycles. The van der Waals surface area contributed by atoms with Gasteiger partial charge < -0.3 is 5.11 Å². The molecule has 0 radical (unpaired) electrons. The van der Waals surface area contributed by atoms with Gasteiger partial charge in [0.25, 0.3) is 5.97 Å². The second-order valence-corrected chi connectivity index (χ2v) is 1.49. The highest BCUT2D eigenvalue weighted by Gasteiger charge is 1.76. The third kappa shape index (κ3) is 98.4. The summed E-state index contributed by atoms with van der Waals surface area (Å²) in [6, 6.07) is 0. The Morgan fingerprint density at radius 2 is 2.11 bits per heavy atom. The highest BCUT2D eigenvalue weighted by Crippen LogP contribution is 1.89. The first-order valence-corrected chi connectivity index (χ1v) is 3.15. The van der Waals surface area contributed by atoms with Gasteiger partial charge in [0, 0.05) is 6.92 Å². The van der Waals surface area contributed by atoms with Gasteiger partial charge in [-0.2, -0.15) is 0 Å². The van der Waals surface area contributed by atoms with Crippen LogP contribution in [-0.4, -0.2) is 17.7 Å². The van der Waals surface area contributed by atoms with Crippen molar-refractivity contribution in [1.29, 1.82) is 0 Å². The number of rotatable bonds is 2. The zero-order valence-corrected chi connectivity index (χ0v) is 6.38. The van der Waals surface area contributed by atoms with Crippen molar-refractivity contribution in [3.63, 3.8) is 0 Å². The molecule has 0 saturated heterocycles. The van der Waals surface area contributed by atoms with Gasteiger partial charge in [-0.25, -0.2) is 0 Å². The zero-order valence-electron chi connectivity index (χ0n) is 5.38. The van der Waals surface area contributed by atoms with Crippen molar-refractivity contribution in [2.75, 3.05) is 6.61 Å². The molecular formula is C4H10O4P+. The van der Waals surface area contributed by atoms with Crippen LogP contribution in [0.15, 0.2) is 0 Å². The van der Waals surface area contributed by atoms with E-state index >= 15 is 0 Å². The van der Waals surface area contributed by atoms with Crippen molar-refractivity contribution in [1.82, 2.24) is 0 Å². The Balaban J connectivity index is 0. The van der Waals surface area contributed by atoms with Gasteiger partial charge in [-0.15, -0.1) is 4.52 Å². The molecule has 0 spiro atoms. The van der Waals surface area contributed by atoms with E-state index in [0.717, 1.165) is 6.92 Å². The molecule has 0 bridgehead atoms. The van der Waals surface area contributed by atoms with Crippen molar-refractivity contribution in [3.05, 3.63) is 0 Å². The van der Waals surface area contributed by atoms with E-state index in [2.05, 4.69) is 4.52 Å². The van der Waals surface area contributed by atoms with Crippen molar-refractivity contribution in [3.8, 4) is 0 Å². The van der Waals surface area contributed by atoms with Gasteiger partial charge in [0.05, 0.1) is 6.61 Å². The van der Waals surface area contributed by atoms with E-state index in [0.29, 0.717) is 6.61 Å². The standard InChI is InChI=1S/C2H6O2P.C2H4O2/c1-2-4-5-3;1-2(3)4/h5H,2H2,1H3;1H3,(H,3,4)/q+1;. The zero-order chi connectivity index (χ0) is 7.70. The van der Waals surface area contributed by atoms with E-state index in [-0.39, 0.29) is 0 Å². The lowest BCUT2D eigenvalue weighted by molar-refractivity contribution is -0.134. The van der Waals surface area contributed by atoms with Gasteiger partial charge in [0.15, 0.2) is 0 Å². The molecule has 0 aromatic rings. The SMILES string of the molecule is CC(=O)O.CCO[PH+]=O. The summed E-state index contributed by atoms with van der Waals surface area (Å²) < 4.78 is 13.6. The Bertz CT molecular complexity index is 78.6. The highest BCUT2D eigenvalue weighted by atomic mass is 31.1. The number of carbonyl (C=O) groups is 1. The first-order valence-electron chi connectivity index (χ1n) is 2.33. The Labute approximate surface area is 55.1 Å². The number of aliphatic carboxylic acids is 1. The maximum Gasteiger partial charge on any atom is 0.494 e. The molecule has 1 unspecified atom stereocenters. The summed E-state index contributed by atoms with van der Waals surface area (Å²) in [6.45, 7) is 3.42. The van der Waals surface area contributed by atoms with Gasteiger partial charge >= 0.3 is 8.69 Å². The van der Waals surface area contributed by atoms with Crippen molar-refractivity contribution in [2.45, 2.75) is 13.8 Å².